The molecule has 8 heteroatoms. The lowest BCUT2D eigenvalue weighted by Crippen LogP contribution is -2.18. The van der Waals surface area contributed by atoms with Gasteiger partial charge in [0, 0.05) is 19.4 Å². The van der Waals surface area contributed by atoms with Crippen LogP contribution in [-0.4, -0.2) is 38.0 Å². The molecule has 0 bridgehead atoms. The molecule has 98 valence electrons. The zero-order valence-electron chi connectivity index (χ0n) is 10.2. The summed E-state index contributed by atoms with van der Waals surface area (Å²) in [6.45, 7) is -0.146. The normalized spacial score (nSPS) is 10.2. The molecule has 0 saturated heterocycles. The zero-order valence-corrected chi connectivity index (χ0v) is 10.2. The first kappa shape index (κ1) is 12.8. The Labute approximate surface area is 108 Å². The molecular weight excluding hydrogens is 248 g/mol. The predicted octanol–water partition coefficient (Wildman–Crippen LogP) is -0.396. The Hall–Kier alpha value is -2.61. The van der Waals surface area contributed by atoms with Crippen LogP contribution >= 0.6 is 0 Å². The highest BCUT2D eigenvalue weighted by Crippen LogP contribution is 2.04. The van der Waals surface area contributed by atoms with Crippen LogP contribution in [0.5, 0.6) is 0 Å². The lowest BCUT2D eigenvalue weighted by atomic mass is 10.3. The highest BCUT2D eigenvalue weighted by Gasteiger charge is 2.11. The van der Waals surface area contributed by atoms with Crippen molar-refractivity contribution < 1.29 is 9.59 Å². The zero-order chi connectivity index (χ0) is 13.8. The Morgan fingerprint density at radius 1 is 1.47 bits per heavy atom. The lowest BCUT2D eigenvalue weighted by Gasteiger charge is -2.03. The molecule has 0 spiro atoms. The first-order valence-corrected chi connectivity index (χ1v) is 5.46. The number of amides is 1. The second-order valence-electron chi connectivity index (χ2n) is 3.75. The number of Topliss-reactive ketones (excluding diaryl/α,β-unsaturated/α-hetero) is 1. The minimum absolute atomic E-state index is 0.0492. The number of hydrogen-bond acceptors (Lipinski definition) is 6. The maximum atomic E-state index is 11.8. The number of rotatable bonds is 4. The summed E-state index contributed by atoms with van der Waals surface area (Å²) in [7, 11) is 1.70. The van der Waals surface area contributed by atoms with Gasteiger partial charge in [-0.15, -0.1) is 0 Å². The van der Waals surface area contributed by atoms with E-state index in [0.717, 1.165) is 0 Å². The van der Waals surface area contributed by atoms with Crippen LogP contribution in [0.15, 0.2) is 24.7 Å². The summed E-state index contributed by atoms with van der Waals surface area (Å²) < 4.78 is 1.50. The molecule has 0 saturated carbocycles. The number of hydrogen-bond donors (Lipinski definition) is 2. The monoisotopic (exact) mass is 260 g/mol. The number of nitrogens with one attached hydrogen (secondary N) is 1. The van der Waals surface area contributed by atoms with E-state index in [1.165, 1.54) is 23.1 Å². The third-order valence-electron chi connectivity index (χ3n) is 2.32. The van der Waals surface area contributed by atoms with Gasteiger partial charge in [-0.2, -0.15) is 5.10 Å². The van der Waals surface area contributed by atoms with Crippen molar-refractivity contribution in [2.45, 2.75) is 0 Å². The second-order valence-corrected chi connectivity index (χ2v) is 3.75. The van der Waals surface area contributed by atoms with E-state index in [2.05, 4.69) is 20.4 Å². The van der Waals surface area contributed by atoms with Gasteiger partial charge in [0.15, 0.2) is 5.78 Å². The Balaban J connectivity index is 2.15. The number of aryl methyl sites for hydroxylation is 1. The first-order valence-electron chi connectivity index (χ1n) is 5.46. The summed E-state index contributed by atoms with van der Waals surface area (Å²) >= 11 is 0. The molecule has 2 rings (SSSR count). The van der Waals surface area contributed by atoms with Crippen LogP contribution < -0.4 is 11.1 Å². The molecule has 19 heavy (non-hydrogen) atoms. The molecule has 0 aliphatic carbocycles. The number of ketones is 1. The SMILES string of the molecule is Cn1cc(C(=O)Nc2nccc(C(=O)CN)n2)cn1. The minimum Gasteiger partial charge on any atom is -0.324 e. The summed E-state index contributed by atoms with van der Waals surface area (Å²) in [5.74, 6) is -0.669. The average Bonchev–Trinajstić information content (AvgIpc) is 2.85. The summed E-state index contributed by atoms with van der Waals surface area (Å²) in [6.07, 6.45) is 4.36. The predicted molar refractivity (Wildman–Crippen MR) is 66.6 cm³/mol. The van der Waals surface area contributed by atoms with Crippen molar-refractivity contribution in [3.8, 4) is 0 Å². The molecule has 0 atom stereocenters. The molecule has 0 aliphatic heterocycles. The summed E-state index contributed by atoms with van der Waals surface area (Å²) in [5.41, 5.74) is 5.78. The van der Waals surface area contributed by atoms with Crippen molar-refractivity contribution >= 4 is 17.6 Å². The number of nitrogens with two attached hydrogens (primary N) is 1. The fourth-order valence-corrected chi connectivity index (χ4v) is 1.39. The van der Waals surface area contributed by atoms with Crippen molar-refractivity contribution in [3.05, 3.63) is 35.9 Å². The first-order chi connectivity index (χ1) is 9.10. The topological polar surface area (TPSA) is 116 Å². The van der Waals surface area contributed by atoms with E-state index >= 15 is 0 Å². The molecule has 0 fully saturated rings. The second kappa shape index (κ2) is 5.36. The van der Waals surface area contributed by atoms with Crippen LogP contribution in [0.2, 0.25) is 0 Å². The molecule has 2 heterocycles. The van der Waals surface area contributed by atoms with Gasteiger partial charge in [0.05, 0.1) is 18.3 Å². The van der Waals surface area contributed by atoms with Crippen molar-refractivity contribution in [1.29, 1.82) is 0 Å². The Morgan fingerprint density at radius 3 is 2.89 bits per heavy atom. The van der Waals surface area contributed by atoms with Gasteiger partial charge in [-0.3, -0.25) is 19.6 Å². The van der Waals surface area contributed by atoms with Crippen LogP contribution in [0.4, 0.5) is 5.95 Å². The number of carbonyl (C=O) groups excluding carboxylic acids is 2. The van der Waals surface area contributed by atoms with Crippen molar-refractivity contribution in [3.63, 3.8) is 0 Å². The quantitative estimate of drug-likeness (QED) is 0.723. The summed E-state index contributed by atoms with van der Waals surface area (Å²) in [5, 5.41) is 6.37. The minimum atomic E-state index is -0.398. The van der Waals surface area contributed by atoms with Crippen LogP contribution in [0.3, 0.4) is 0 Å². The van der Waals surface area contributed by atoms with E-state index in [9.17, 15) is 9.59 Å². The standard InChI is InChI=1S/C11H12N6O2/c1-17-6-7(5-14-17)10(19)16-11-13-3-2-8(15-11)9(18)4-12/h2-3,5-6H,4,12H2,1H3,(H,13,15,16,19). The lowest BCUT2D eigenvalue weighted by molar-refractivity contribution is 0.0992. The molecular formula is C11H12N6O2. The molecule has 8 nitrogen and oxygen atoms in total. The van der Waals surface area contributed by atoms with Gasteiger partial charge in [0.2, 0.25) is 5.95 Å². The molecule has 0 radical (unpaired) electrons. The van der Waals surface area contributed by atoms with Crippen LogP contribution in [0, 0.1) is 0 Å². The van der Waals surface area contributed by atoms with Gasteiger partial charge in [0.1, 0.15) is 5.69 Å². The molecule has 0 unspecified atom stereocenters. The van der Waals surface area contributed by atoms with Gasteiger partial charge in [-0.05, 0) is 6.07 Å². The maximum absolute atomic E-state index is 11.8. The molecule has 1 amide bonds. The van der Waals surface area contributed by atoms with Crippen molar-refractivity contribution in [1.82, 2.24) is 19.7 Å². The van der Waals surface area contributed by atoms with Crippen LogP contribution in [0.1, 0.15) is 20.8 Å². The number of anilines is 1. The number of nitrogens with zero attached hydrogens (tertiary/aromatic N) is 4. The Kier molecular flexibility index (Phi) is 3.62. The molecule has 2 aromatic rings. The third-order valence-corrected chi connectivity index (χ3v) is 2.32. The van der Waals surface area contributed by atoms with E-state index < -0.39 is 5.91 Å². The van der Waals surface area contributed by atoms with E-state index in [1.54, 1.807) is 13.2 Å². The third kappa shape index (κ3) is 2.99. The van der Waals surface area contributed by atoms with E-state index in [0.29, 0.717) is 5.56 Å². The van der Waals surface area contributed by atoms with Crippen LogP contribution in [0.25, 0.3) is 0 Å². The molecule has 0 aliphatic rings. The smallest absolute Gasteiger partial charge is 0.261 e. The Morgan fingerprint density at radius 2 is 2.26 bits per heavy atom. The van der Waals surface area contributed by atoms with Crippen LogP contribution in [-0.2, 0) is 7.05 Å². The number of aromatic nitrogens is 4. The largest absolute Gasteiger partial charge is 0.324 e. The maximum Gasteiger partial charge on any atom is 0.261 e. The Bertz CT molecular complexity index is 621. The number of carbonyl (C=O) groups is 2. The average molecular weight is 260 g/mol. The van der Waals surface area contributed by atoms with Gasteiger partial charge in [-0.25, -0.2) is 9.97 Å². The van der Waals surface area contributed by atoms with Gasteiger partial charge in [-0.1, -0.05) is 0 Å². The molecule has 3 N–H and O–H groups in total. The van der Waals surface area contributed by atoms with Gasteiger partial charge < -0.3 is 5.73 Å². The van der Waals surface area contributed by atoms with Crippen molar-refractivity contribution in [2.75, 3.05) is 11.9 Å². The highest BCUT2D eigenvalue weighted by molar-refractivity contribution is 6.03. The van der Waals surface area contributed by atoms with E-state index in [4.69, 9.17) is 5.73 Å². The highest BCUT2D eigenvalue weighted by atomic mass is 16.2. The fraction of sp³-hybridized carbons (Fsp3) is 0.182. The van der Waals surface area contributed by atoms with E-state index in [1.807, 2.05) is 0 Å². The van der Waals surface area contributed by atoms with Gasteiger partial charge >= 0.3 is 0 Å². The summed E-state index contributed by atoms with van der Waals surface area (Å²) in [4.78, 5) is 31.0. The fourth-order valence-electron chi connectivity index (χ4n) is 1.39. The molecule has 0 aromatic carbocycles. The summed E-state index contributed by atoms with van der Waals surface area (Å²) in [6, 6.07) is 1.44. The van der Waals surface area contributed by atoms with E-state index in [-0.39, 0.29) is 24.0 Å². The van der Waals surface area contributed by atoms with Gasteiger partial charge in [0.25, 0.3) is 5.91 Å². The van der Waals surface area contributed by atoms with Crippen molar-refractivity contribution in [2.24, 2.45) is 12.8 Å². The molecule has 2 aromatic heterocycles.